The van der Waals surface area contributed by atoms with E-state index < -0.39 is 10.0 Å². The molecule has 0 radical (unpaired) electrons. The first-order valence-corrected chi connectivity index (χ1v) is 9.18. The SMILES string of the molecule is CCCN(CC1CC1)S(=O)(=O)c1ccc(CCl)c(Cl)c1. The highest BCUT2D eigenvalue weighted by Crippen LogP contribution is 2.32. The van der Waals surface area contributed by atoms with Gasteiger partial charge >= 0.3 is 0 Å². The summed E-state index contributed by atoms with van der Waals surface area (Å²) in [5.41, 5.74) is 0.747. The Bertz CT molecular complexity index is 571. The van der Waals surface area contributed by atoms with Crippen molar-refractivity contribution in [3.05, 3.63) is 28.8 Å². The minimum atomic E-state index is -3.46. The number of hydrogen-bond acceptors (Lipinski definition) is 2. The van der Waals surface area contributed by atoms with Gasteiger partial charge in [-0.3, -0.25) is 0 Å². The van der Waals surface area contributed by atoms with Gasteiger partial charge in [-0.05, 0) is 42.9 Å². The topological polar surface area (TPSA) is 37.4 Å². The van der Waals surface area contributed by atoms with Gasteiger partial charge in [-0.2, -0.15) is 4.31 Å². The van der Waals surface area contributed by atoms with Crippen molar-refractivity contribution in [3.8, 4) is 0 Å². The summed E-state index contributed by atoms with van der Waals surface area (Å²) >= 11 is 11.8. The molecular weight excluding hydrogens is 317 g/mol. The molecule has 1 aliphatic carbocycles. The highest BCUT2D eigenvalue weighted by molar-refractivity contribution is 7.89. The molecule has 0 bridgehead atoms. The first kappa shape index (κ1) is 16.1. The van der Waals surface area contributed by atoms with Crippen LogP contribution in [0.15, 0.2) is 23.1 Å². The van der Waals surface area contributed by atoms with Crippen molar-refractivity contribution in [3.63, 3.8) is 0 Å². The normalized spacial score (nSPS) is 15.8. The molecule has 6 heteroatoms. The molecule has 1 saturated carbocycles. The molecule has 1 aromatic rings. The van der Waals surface area contributed by atoms with Crippen molar-refractivity contribution in [2.75, 3.05) is 13.1 Å². The van der Waals surface area contributed by atoms with E-state index in [4.69, 9.17) is 23.2 Å². The van der Waals surface area contributed by atoms with Crippen LogP contribution < -0.4 is 0 Å². The van der Waals surface area contributed by atoms with E-state index in [1.807, 2.05) is 6.92 Å². The molecule has 0 unspecified atom stereocenters. The third-order valence-corrected chi connectivity index (χ3v) is 5.94. The Labute approximate surface area is 130 Å². The van der Waals surface area contributed by atoms with Gasteiger partial charge < -0.3 is 0 Å². The van der Waals surface area contributed by atoms with Crippen molar-refractivity contribution in [1.29, 1.82) is 0 Å². The number of hydrogen-bond donors (Lipinski definition) is 0. The van der Waals surface area contributed by atoms with E-state index in [0.29, 0.717) is 24.0 Å². The van der Waals surface area contributed by atoms with Gasteiger partial charge in [0.2, 0.25) is 10.0 Å². The van der Waals surface area contributed by atoms with Crippen LogP contribution in [-0.2, 0) is 15.9 Å². The van der Waals surface area contributed by atoms with E-state index in [2.05, 4.69) is 0 Å². The third kappa shape index (κ3) is 3.67. The molecule has 112 valence electrons. The minimum Gasteiger partial charge on any atom is -0.207 e. The number of rotatable bonds is 7. The van der Waals surface area contributed by atoms with Crippen molar-refractivity contribution in [2.45, 2.75) is 37.0 Å². The van der Waals surface area contributed by atoms with Crippen LogP contribution in [0.2, 0.25) is 5.02 Å². The zero-order valence-electron chi connectivity index (χ0n) is 11.5. The highest BCUT2D eigenvalue weighted by Gasteiger charge is 2.31. The lowest BCUT2D eigenvalue weighted by Gasteiger charge is -2.21. The quantitative estimate of drug-likeness (QED) is 0.709. The monoisotopic (exact) mass is 335 g/mol. The van der Waals surface area contributed by atoms with Crippen LogP contribution in [0.1, 0.15) is 31.7 Å². The van der Waals surface area contributed by atoms with Gasteiger partial charge in [0.1, 0.15) is 0 Å². The first-order valence-electron chi connectivity index (χ1n) is 6.83. The van der Waals surface area contributed by atoms with Crippen LogP contribution in [0.5, 0.6) is 0 Å². The average molecular weight is 336 g/mol. The van der Waals surface area contributed by atoms with Gasteiger partial charge in [0.05, 0.1) is 4.90 Å². The van der Waals surface area contributed by atoms with Gasteiger partial charge in [0, 0.05) is 24.0 Å². The minimum absolute atomic E-state index is 0.255. The van der Waals surface area contributed by atoms with E-state index in [1.165, 1.54) is 6.07 Å². The van der Waals surface area contributed by atoms with Gasteiger partial charge in [0.25, 0.3) is 0 Å². The van der Waals surface area contributed by atoms with Crippen LogP contribution in [0.3, 0.4) is 0 Å². The number of benzene rings is 1. The van der Waals surface area contributed by atoms with E-state index >= 15 is 0 Å². The fourth-order valence-electron chi connectivity index (χ4n) is 2.09. The molecule has 0 aromatic heterocycles. The molecule has 1 aliphatic rings. The van der Waals surface area contributed by atoms with Gasteiger partial charge in [-0.25, -0.2) is 8.42 Å². The summed E-state index contributed by atoms with van der Waals surface area (Å²) in [7, 11) is -3.46. The van der Waals surface area contributed by atoms with Crippen molar-refractivity contribution in [2.24, 2.45) is 5.92 Å². The Morgan fingerprint density at radius 2 is 2.05 bits per heavy atom. The predicted octanol–water partition coefficient (Wildman–Crippen LogP) is 3.89. The lowest BCUT2D eigenvalue weighted by molar-refractivity contribution is 0.395. The van der Waals surface area contributed by atoms with E-state index in [0.717, 1.165) is 24.8 Å². The lowest BCUT2D eigenvalue weighted by Crippen LogP contribution is -2.33. The molecule has 0 spiro atoms. The van der Waals surface area contributed by atoms with Crippen LogP contribution in [0.4, 0.5) is 0 Å². The number of nitrogens with zero attached hydrogens (tertiary/aromatic N) is 1. The van der Waals surface area contributed by atoms with Crippen LogP contribution in [0.25, 0.3) is 0 Å². The fourth-order valence-corrected chi connectivity index (χ4v) is 4.34. The maximum absolute atomic E-state index is 12.7. The lowest BCUT2D eigenvalue weighted by atomic mass is 10.2. The largest absolute Gasteiger partial charge is 0.243 e. The van der Waals surface area contributed by atoms with E-state index in [9.17, 15) is 8.42 Å². The second-order valence-corrected chi connectivity index (χ2v) is 7.81. The van der Waals surface area contributed by atoms with Crippen molar-refractivity contribution < 1.29 is 8.42 Å². The zero-order chi connectivity index (χ0) is 14.8. The molecule has 0 amide bonds. The Hall–Kier alpha value is -0.290. The number of alkyl halides is 1. The van der Waals surface area contributed by atoms with E-state index in [-0.39, 0.29) is 10.8 Å². The maximum Gasteiger partial charge on any atom is 0.243 e. The van der Waals surface area contributed by atoms with Crippen molar-refractivity contribution >= 4 is 33.2 Å². The Morgan fingerprint density at radius 3 is 2.55 bits per heavy atom. The van der Waals surface area contributed by atoms with Crippen LogP contribution >= 0.6 is 23.2 Å². The average Bonchev–Trinajstić information content (AvgIpc) is 3.22. The fraction of sp³-hybridized carbons (Fsp3) is 0.571. The third-order valence-electron chi connectivity index (χ3n) is 3.44. The number of halogens is 2. The van der Waals surface area contributed by atoms with Crippen molar-refractivity contribution in [1.82, 2.24) is 4.31 Å². The summed E-state index contributed by atoms with van der Waals surface area (Å²) in [6, 6.07) is 4.78. The molecule has 0 saturated heterocycles. The molecule has 0 heterocycles. The maximum atomic E-state index is 12.7. The first-order chi connectivity index (χ1) is 9.48. The molecule has 1 fully saturated rings. The summed E-state index contributed by atoms with van der Waals surface area (Å²) in [4.78, 5) is 0.255. The summed E-state index contributed by atoms with van der Waals surface area (Å²) in [5.74, 6) is 0.800. The Morgan fingerprint density at radius 1 is 1.35 bits per heavy atom. The Kier molecular flexibility index (Phi) is 5.35. The predicted molar refractivity (Wildman–Crippen MR) is 82.8 cm³/mol. The molecule has 20 heavy (non-hydrogen) atoms. The molecule has 0 N–H and O–H groups in total. The molecule has 0 aliphatic heterocycles. The second-order valence-electron chi connectivity index (χ2n) is 5.19. The smallest absolute Gasteiger partial charge is 0.207 e. The second kappa shape index (κ2) is 6.65. The van der Waals surface area contributed by atoms with Gasteiger partial charge in [-0.1, -0.05) is 24.6 Å². The molecule has 1 aromatic carbocycles. The highest BCUT2D eigenvalue weighted by atomic mass is 35.5. The summed E-state index contributed by atoms with van der Waals surface area (Å²) in [6.45, 7) is 3.15. The van der Waals surface area contributed by atoms with Crippen LogP contribution in [-0.4, -0.2) is 25.8 Å². The standard InChI is InChI=1S/C14H19Cl2NO2S/c1-2-7-17(10-11-3-4-11)20(18,19)13-6-5-12(9-15)14(16)8-13/h5-6,8,11H,2-4,7,9-10H2,1H3. The molecule has 0 atom stereocenters. The number of sulfonamides is 1. The zero-order valence-corrected chi connectivity index (χ0v) is 13.8. The summed E-state index contributed by atoms with van der Waals surface area (Å²) < 4.78 is 26.9. The van der Waals surface area contributed by atoms with Gasteiger partial charge in [-0.15, -0.1) is 11.6 Å². The molecular formula is C14H19Cl2NO2S. The molecule has 3 nitrogen and oxygen atoms in total. The Balaban J connectivity index is 2.28. The molecule has 2 rings (SSSR count). The van der Waals surface area contributed by atoms with Gasteiger partial charge in [0.15, 0.2) is 0 Å². The summed E-state index contributed by atoms with van der Waals surface area (Å²) in [5, 5.41) is 0.406. The summed E-state index contributed by atoms with van der Waals surface area (Å²) in [6.07, 6.45) is 3.06. The van der Waals surface area contributed by atoms with Crippen LogP contribution in [0, 0.1) is 5.92 Å². The van der Waals surface area contributed by atoms with E-state index in [1.54, 1.807) is 16.4 Å².